The Balaban J connectivity index is 1.29. The molecule has 4 heteroatoms. The number of benzene rings is 8. The molecule has 0 N–H and O–H groups in total. The lowest BCUT2D eigenvalue weighted by Gasteiger charge is -2.15. The zero-order chi connectivity index (χ0) is 35.3. The van der Waals surface area contributed by atoms with Crippen LogP contribution in [0.3, 0.4) is 0 Å². The first-order valence-corrected chi connectivity index (χ1v) is 18.4. The Bertz CT molecular complexity index is 3410. The average Bonchev–Trinajstić information content (AvgIpc) is 3.72. The molecule has 0 atom stereocenters. The number of hydrogen-bond acceptors (Lipinski definition) is 2. The molecule has 0 spiro atoms. The third kappa shape index (κ3) is 4.02. The summed E-state index contributed by atoms with van der Waals surface area (Å²) in [4.78, 5) is 10.4. The summed E-state index contributed by atoms with van der Waals surface area (Å²) >= 11 is 0. The van der Waals surface area contributed by atoms with Gasteiger partial charge in [0.25, 0.3) is 0 Å². The zero-order valence-electron chi connectivity index (χ0n) is 29.1. The van der Waals surface area contributed by atoms with Crippen LogP contribution in [0.1, 0.15) is 0 Å². The first kappa shape index (κ1) is 29.3. The minimum Gasteiger partial charge on any atom is -0.308 e. The van der Waals surface area contributed by atoms with Gasteiger partial charge in [-0.25, -0.2) is 9.97 Å². The topological polar surface area (TPSA) is 35.1 Å². The molecule has 0 saturated carbocycles. The number of nitrogens with zero attached hydrogens (tertiary/aromatic N) is 4. The standard InChI is InChI=1S/C50H30N4/c1-4-15-31(16-5-1)38-30-39-36-22-11-13-25-43(36)54-42-24-12-10-21-35(42)37-23-14-26-44-45(37)46(49(39)54)48(38)53(44)34-27-28-41-40(29-34)47(32-17-6-2-7-18-32)52-50(51-41)33-19-8-3-9-20-33/h1-30H. The molecule has 0 aliphatic carbocycles. The normalized spacial score (nSPS) is 12.1. The van der Waals surface area contributed by atoms with Crippen LogP contribution in [0.15, 0.2) is 182 Å². The second kappa shape index (κ2) is 11.1. The maximum absolute atomic E-state index is 5.26. The molecule has 0 amide bonds. The molecule has 12 aromatic rings. The third-order valence-corrected chi connectivity index (χ3v) is 11.2. The maximum atomic E-state index is 5.26. The highest BCUT2D eigenvalue weighted by Gasteiger charge is 2.26. The third-order valence-electron chi connectivity index (χ3n) is 11.2. The van der Waals surface area contributed by atoms with E-state index in [0.717, 1.165) is 39.2 Å². The van der Waals surface area contributed by atoms with Crippen molar-refractivity contribution in [2.45, 2.75) is 0 Å². The molecular weight excluding hydrogens is 657 g/mol. The second-order valence-corrected chi connectivity index (χ2v) is 14.1. The molecular formula is C50H30N4. The van der Waals surface area contributed by atoms with Crippen molar-refractivity contribution >= 4 is 70.8 Å². The summed E-state index contributed by atoms with van der Waals surface area (Å²) < 4.78 is 5.00. The molecule has 0 bridgehead atoms. The van der Waals surface area contributed by atoms with Gasteiger partial charge in [0.05, 0.1) is 38.8 Å². The van der Waals surface area contributed by atoms with Gasteiger partial charge in [-0.1, -0.05) is 140 Å². The number of fused-ring (bicyclic) bond motifs is 7. The first-order chi connectivity index (χ1) is 26.8. The fourth-order valence-electron chi connectivity index (χ4n) is 8.96. The van der Waals surface area contributed by atoms with E-state index in [1.54, 1.807) is 0 Å². The van der Waals surface area contributed by atoms with Crippen LogP contribution in [0.4, 0.5) is 0 Å². The van der Waals surface area contributed by atoms with Crippen molar-refractivity contribution in [1.29, 1.82) is 0 Å². The van der Waals surface area contributed by atoms with Crippen LogP contribution < -0.4 is 0 Å². The average molecular weight is 687 g/mol. The molecule has 54 heavy (non-hydrogen) atoms. The Hall–Kier alpha value is -7.30. The van der Waals surface area contributed by atoms with Crippen LogP contribution in [-0.4, -0.2) is 18.9 Å². The second-order valence-electron chi connectivity index (χ2n) is 14.1. The predicted octanol–water partition coefficient (Wildman–Crippen LogP) is 12.9. The molecule has 0 aliphatic rings. The molecule has 0 aliphatic heterocycles. The van der Waals surface area contributed by atoms with Crippen molar-refractivity contribution in [2.75, 3.05) is 0 Å². The quantitative estimate of drug-likeness (QED) is 0.185. The zero-order valence-corrected chi connectivity index (χ0v) is 29.1. The smallest absolute Gasteiger partial charge is 0.160 e. The Labute approximate surface area is 310 Å². The van der Waals surface area contributed by atoms with Crippen molar-refractivity contribution in [3.63, 3.8) is 0 Å². The van der Waals surface area contributed by atoms with E-state index in [4.69, 9.17) is 9.97 Å². The Kier molecular flexibility index (Phi) is 6.02. The molecule has 12 rings (SSSR count). The fourth-order valence-corrected chi connectivity index (χ4v) is 8.96. The van der Waals surface area contributed by atoms with Crippen molar-refractivity contribution in [3.05, 3.63) is 182 Å². The van der Waals surface area contributed by atoms with E-state index in [9.17, 15) is 0 Å². The van der Waals surface area contributed by atoms with Crippen molar-refractivity contribution in [2.24, 2.45) is 0 Å². The summed E-state index contributed by atoms with van der Waals surface area (Å²) in [5, 5.41) is 8.53. The monoisotopic (exact) mass is 686 g/mol. The SMILES string of the molecule is c1ccc(-c2nc(-c3ccccc3)c3cc(-n4c5cccc6c7ccccc7n7c8ccccc8c8cc(-c9ccccc9)c4c(c65)c87)ccc3n2)cc1. The van der Waals surface area contributed by atoms with E-state index >= 15 is 0 Å². The summed E-state index contributed by atoms with van der Waals surface area (Å²) in [5.41, 5.74) is 13.4. The predicted molar refractivity (Wildman–Crippen MR) is 225 cm³/mol. The highest BCUT2D eigenvalue weighted by Crippen LogP contribution is 2.48. The molecule has 0 radical (unpaired) electrons. The summed E-state index contributed by atoms with van der Waals surface area (Å²) in [5.74, 6) is 0.721. The van der Waals surface area contributed by atoms with Crippen LogP contribution in [-0.2, 0) is 0 Å². The highest BCUT2D eigenvalue weighted by atomic mass is 15.0. The van der Waals surface area contributed by atoms with Crippen molar-refractivity contribution in [1.82, 2.24) is 18.9 Å². The van der Waals surface area contributed by atoms with Crippen LogP contribution >= 0.6 is 0 Å². The van der Waals surface area contributed by atoms with Gasteiger partial charge in [-0.15, -0.1) is 0 Å². The van der Waals surface area contributed by atoms with Gasteiger partial charge in [-0.3, -0.25) is 0 Å². The molecule has 4 heterocycles. The number of para-hydroxylation sites is 2. The number of rotatable bonds is 4. The van der Waals surface area contributed by atoms with Crippen LogP contribution in [0.5, 0.6) is 0 Å². The van der Waals surface area contributed by atoms with Gasteiger partial charge in [0.15, 0.2) is 5.82 Å². The molecule has 4 nitrogen and oxygen atoms in total. The van der Waals surface area contributed by atoms with Gasteiger partial charge >= 0.3 is 0 Å². The minimum atomic E-state index is 0.721. The minimum absolute atomic E-state index is 0.721. The highest BCUT2D eigenvalue weighted by molar-refractivity contribution is 6.35. The van der Waals surface area contributed by atoms with E-state index in [0.29, 0.717) is 0 Å². The van der Waals surface area contributed by atoms with E-state index < -0.39 is 0 Å². The van der Waals surface area contributed by atoms with Crippen molar-refractivity contribution < 1.29 is 0 Å². The summed E-state index contributed by atoms with van der Waals surface area (Å²) in [6.45, 7) is 0. The van der Waals surface area contributed by atoms with Gasteiger partial charge in [0.2, 0.25) is 0 Å². The number of aromatic nitrogens is 4. The van der Waals surface area contributed by atoms with Crippen LogP contribution in [0.2, 0.25) is 0 Å². The lowest BCUT2D eigenvalue weighted by Crippen LogP contribution is -1.99. The van der Waals surface area contributed by atoms with Crippen LogP contribution in [0.25, 0.3) is 110 Å². The molecule has 0 unspecified atom stereocenters. The largest absolute Gasteiger partial charge is 0.308 e. The summed E-state index contributed by atoms with van der Waals surface area (Å²) in [6, 6.07) is 65.3. The Morgan fingerprint density at radius 2 is 0.963 bits per heavy atom. The van der Waals surface area contributed by atoms with Crippen molar-refractivity contribution in [3.8, 4) is 39.5 Å². The molecule has 0 fully saturated rings. The van der Waals surface area contributed by atoms with Gasteiger partial charge in [0, 0.05) is 54.7 Å². The van der Waals surface area contributed by atoms with E-state index in [1.807, 2.05) is 18.2 Å². The van der Waals surface area contributed by atoms with Crippen LogP contribution in [0, 0.1) is 0 Å². The van der Waals surface area contributed by atoms with Gasteiger partial charge < -0.3 is 8.97 Å². The van der Waals surface area contributed by atoms with Gasteiger partial charge in [-0.2, -0.15) is 0 Å². The van der Waals surface area contributed by atoms with Gasteiger partial charge in [0.1, 0.15) is 0 Å². The first-order valence-electron chi connectivity index (χ1n) is 18.4. The summed E-state index contributed by atoms with van der Waals surface area (Å²) in [6.07, 6.45) is 0. The molecule has 8 aromatic carbocycles. The Morgan fingerprint density at radius 3 is 1.69 bits per heavy atom. The maximum Gasteiger partial charge on any atom is 0.160 e. The van der Waals surface area contributed by atoms with E-state index in [2.05, 4.69) is 173 Å². The van der Waals surface area contributed by atoms with E-state index in [-0.39, 0.29) is 0 Å². The van der Waals surface area contributed by atoms with Gasteiger partial charge in [-0.05, 0) is 53.4 Å². The molecule has 4 aromatic heterocycles. The summed E-state index contributed by atoms with van der Waals surface area (Å²) in [7, 11) is 0. The lowest BCUT2D eigenvalue weighted by molar-refractivity contribution is 1.18. The fraction of sp³-hybridized carbons (Fsp3) is 0. The molecule has 250 valence electrons. The molecule has 0 saturated heterocycles. The lowest BCUT2D eigenvalue weighted by atomic mass is 9.97. The Morgan fingerprint density at radius 1 is 0.370 bits per heavy atom. The number of hydrogen-bond donors (Lipinski definition) is 0. The van der Waals surface area contributed by atoms with E-state index in [1.165, 1.54) is 71.0 Å².